The second-order valence-corrected chi connectivity index (χ2v) is 5.13. The number of ether oxygens (including phenoxy) is 1. The number of esters is 1. The average molecular weight is 227 g/mol. The molecule has 0 aliphatic heterocycles. The van der Waals surface area contributed by atoms with Crippen LogP contribution in [-0.4, -0.2) is 23.0 Å². The summed E-state index contributed by atoms with van der Waals surface area (Å²) in [6, 6.07) is 0. The topological polar surface area (TPSA) is 55.4 Å². The van der Waals surface area contributed by atoms with Crippen molar-refractivity contribution in [2.24, 2.45) is 0 Å². The average Bonchev–Trinajstić information content (AvgIpc) is 1.97. The fourth-order valence-electron chi connectivity index (χ4n) is 1.94. The minimum Gasteiger partial charge on any atom is -0.456 e. The van der Waals surface area contributed by atoms with Gasteiger partial charge in [-0.15, -0.1) is 0 Å². The molecule has 1 amide bonds. The van der Waals surface area contributed by atoms with Gasteiger partial charge in [0.05, 0.1) is 0 Å². The Kier molecular flexibility index (Phi) is 4.72. The van der Waals surface area contributed by atoms with E-state index in [1.807, 2.05) is 13.8 Å². The van der Waals surface area contributed by atoms with Crippen molar-refractivity contribution in [1.82, 2.24) is 5.32 Å². The third kappa shape index (κ3) is 6.22. The zero-order valence-corrected chi connectivity index (χ0v) is 10.7. The van der Waals surface area contributed by atoms with Gasteiger partial charge in [-0.2, -0.15) is 0 Å². The summed E-state index contributed by atoms with van der Waals surface area (Å²) in [6.07, 6.45) is 1.66. The Morgan fingerprint density at radius 1 is 1.31 bits per heavy atom. The van der Waals surface area contributed by atoms with Crippen LogP contribution < -0.4 is 5.32 Å². The maximum Gasteiger partial charge on any atom is 0.330 e. The monoisotopic (exact) mass is 227 g/mol. The number of nitrogens with one attached hydrogen (secondary N) is 1. The number of carbonyl (C=O) groups excluding carboxylic acids is 2. The summed E-state index contributed by atoms with van der Waals surface area (Å²) in [6.45, 7) is 12.2. The molecule has 4 heteroatoms. The van der Waals surface area contributed by atoms with Crippen molar-refractivity contribution in [1.29, 1.82) is 0 Å². The van der Waals surface area contributed by atoms with E-state index in [4.69, 9.17) is 4.74 Å². The summed E-state index contributed by atoms with van der Waals surface area (Å²) in [5.74, 6) is -0.556. The van der Waals surface area contributed by atoms with Gasteiger partial charge in [0.25, 0.3) is 0 Å². The second kappa shape index (κ2) is 5.14. The Bertz CT molecular complexity index is 293. The van der Waals surface area contributed by atoms with Gasteiger partial charge in [-0.1, -0.05) is 6.58 Å². The molecule has 0 heterocycles. The molecule has 0 saturated carbocycles. The van der Waals surface area contributed by atoms with Crippen molar-refractivity contribution in [2.75, 3.05) is 0 Å². The lowest BCUT2D eigenvalue weighted by Crippen LogP contribution is -2.48. The van der Waals surface area contributed by atoms with Crippen LogP contribution in [0, 0.1) is 0 Å². The molecule has 1 N–H and O–H groups in total. The van der Waals surface area contributed by atoms with Crippen LogP contribution in [0.5, 0.6) is 0 Å². The number of hydrogen-bond acceptors (Lipinski definition) is 3. The van der Waals surface area contributed by atoms with Crippen LogP contribution in [-0.2, 0) is 14.3 Å². The largest absolute Gasteiger partial charge is 0.456 e. The molecule has 0 fully saturated rings. The first-order valence-corrected chi connectivity index (χ1v) is 5.22. The predicted molar refractivity (Wildman–Crippen MR) is 62.9 cm³/mol. The molecule has 0 aliphatic carbocycles. The van der Waals surface area contributed by atoms with E-state index in [9.17, 15) is 9.59 Å². The molecule has 0 aromatic carbocycles. The molecule has 16 heavy (non-hydrogen) atoms. The summed E-state index contributed by atoms with van der Waals surface area (Å²) >= 11 is 0. The summed E-state index contributed by atoms with van der Waals surface area (Å²) in [5.41, 5.74) is -1.06. The highest BCUT2D eigenvalue weighted by Gasteiger charge is 2.31. The SMILES string of the molecule is C=CC(=O)OC(C)(C)CC(C)(C)NC(C)=O. The Morgan fingerprint density at radius 2 is 1.81 bits per heavy atom. The quantitative estimate of drug-likeness (QED) is 0.575. The van der Waals surface area contributed by atoms with Gasteiger partial charge in [0.1, 0.15) is 5.60 Å². The minimum atomic E-state index is -0.642. The highest BCUT2D eigenvalue weighted by atomic mass is 16.6. The van der Waals surface area contributed by atoms with Gasteiger partial charge in [0, 0.05) is 25.0 Å². The molecule has 0 aromatic rings. The fraction of sp³-hybridized carbons (Fsp3) is 0.667. The third-order valence-corrected chi connectivity index (χ3v) is 1.93. The van der Waals surface area contributed by atoms with E-state index in [1.165, 1.54) is 6.92 Å². The van der Waals surface area contributed by atoms with Crippen molar-refractivity contribution in [3.05, 3.63) is 12.7 Å². The van der Waals surface area contributed by atoms with Crippen molar-refractivity contribution < 1.29 is 14.3 Å². The Morgan fingerprint density at radius 3 is 2.19 bits per heavy atom. The molecule has 0 spiro atoms. The molecule has 92 valence electrons. The first kappa shape index (κ1) is 14.7. The van der Waals surface area contributed by atoms with Crippen LogP contribution in [0.15, 0.2) is 12.7 Å². The predicted octanol–water partition coefficient (Wildman–Crippen LogP) is 1.80. The van der Waals surface area contributed by atoms with Crippen LogP contribution in [0.4, 0.5) is 0 Å². The molecule has 0 aromatic heterocycles. The van der Waals surface area contributed by atoms with Crippen molar-refractivity contribution in [3.63, 3.8) is 0 Å². The maximum absolute atomic E-state index is 11.1. The van der Waals surface area contributed by atoms with Gasteiger partial charge in [0.15, 0.2) is 0 Å². The van der Waals surface area contributed by atoms with E-state index in [0.717, 1.165) is 6.08 Å². The zero-order chi connectivity index (χ0) is 13.0. The van der Waals surface area contributed by atoms with Gasteiger partial charge < -0.3 is 10.1 Å². The Balaban J connectivity index is 4.49. The summed E-state index contributed by atoms with van der Waals surface area (Å²) in [5, 5.41) is 2.81. The Labute approximate surface area is 97.1 Å². The minimum absolute atomic E-state index is 0.101. The van der Waals surface area contributed by atoms with E-state index in [1.54, 1.807) is 13.8 Å². The molecule has 0 aliphatic rings. The highest BCUT2D eigenvalue weighted by Crippen LogP contribution is 2.23. The molecule has 0 bridgehead atoms. The van der Waals surface area contributed by atoms with E-state index in [2.05, 4.69) is 11.9 Å². The van der Waals surface area contributed by atoms with Crippen LogP contribution in [0.25, 0.3) is 0 Å². The summed E-state index contributed by atoms with van der Waals surface area (Å²) < 4.78 is 5.20. The fourth-order valence-corrected chi connectivity index (χ4v) is 1.94. The number of hydrogen-bond donors (Lipinski definition) is 1. The standard InChI is InChI=1S/C12H21NO3/c1-7-10(15)16-12(5,6)8-11(3,4)13-9(2)14/h7H,1,8H2,2-6H3,(H,13,14). The zero-order valence-electron chi connectivity index (χ0n) is 10.7. The van der Waals surface area contributed by atoms with Gasteiger partial charge in [-0.3, -0.25) is 4.79 Å². The van der Waals surface area contributed by atoms with Crippen LogP contribution in [0.1, 0.15) is 41.0 Å². The van der Waals surface area contributed by atoms with Crippen LogP contribution in [0.3, 0.4) is 0 Å². The molecular weight excluding hydrogens is 206 g/mol. The third-order valence-electron chi connectivity index (χ3n) is 1.93. The second-order valence-electron chi connectivity index (χ2n) is 5.13. The normalized spacial score (nSPS) is 11.8. The number of rotatable bonds is 5. The molecule has 0 atom stereocenters. The molecule has 0 rings (SSSR count). The molecular formula is C12H21NO3. The van der Waals surface area contributed by atoms with E-state index in [-0.39, 0.29) is 5.91 Å². The number of amides is 1. The maximum atomic E-state index is 11.1. The molecule has 4 nitrogen and oxygen atoms in total. The van der Waals surface area contributed by atoms with E-state index < -0.39 is 17.1 Å². The molecule has 0 radical (unpaired) electrons. The summed E-state index contributed by atoms with van der Waals surface area (Å²) in [7, 11) is 0. The van der Waals surface area contributed by atoms with Gasteiger partial charge in [-0.05, 0) is 27.7 Å². The van der Waals surface area contributed by atoms with Crippen molar-refractivity contribution >= 4 is 11.9 Å². The van der Waals surface area contributed by atoms with Gasteiger partial charge in [0.2, 0.25) is 5.91 Å². The van der Waals surface area contributed by atoms with Gasteiger partial charge >= 0.3 is 5.97 Å². The molecule has 0 saturated heterocycles. The van der Waals surface area contributed by atoms with E-state index in [0.29, 0.717) is 6.42 Å². The van der Waals surface area contributed by atoms with Crippen molar-refractivity contribution in [2.45, 2.75) is 52.2 Å². The number of carbonyl (C=O) groups is 2. The van der Waals surface area contributed by atoms with Crippen LogP contribution in [0.2, 0.25) is 0 Å². The lowest BCUT2D eigenvalue weighted by atomic mass is 9.89. The van der Waals surface area contributed by atoms with Crippen LogP contribution >= 0.6 is 0 Å². The first-order valence-electron chi connectivity index (χ1n) is 5.22. The highest BCUT2D eigenvalue weighted by molar-refractivity contribution is 5.81. The van der Waals surface area contributed by atoms with Crippen molar-refractivity contribution in [3.8, 4) is 0 Å². The molecule has 0 unspecified atom stereocenters. The van der Waals surface area contributed by atoms with E-state index >= 15 is 0 Å². The first-order chi connectivity index (χ1) is 7.08. The Hall–Kier alpha value is -1.32. The summed E-state index contributed by atoms with van der Waals surface area (Å²) in [4.78, 5) is 22.1. The lowest BCUT2D eigenvalue weighted by Gasteiger charge is -2.34. The van der Waals surface area contributed by atoms with Gasteiger partial charge in [-0.25, -0.2) is 4.79 Å². The lowest BCUT2D eigenvalue weighted by molar-refractivity contribution is -0.152. The smallest absolute Gasteiger partial charge is 0.330 e.